The predicted molar refractivity (Wildman–Crippen MR) is 90.9 cm³/mol. The number of carbonyl (C=O) groups is 1. The van der Waals surface area contributed by atoms with Crippen LogP contribution in [0.4, 0.5) is 0 Å². The van der Waals surface area contributed by atoms with Gasteiger partial charge >= 0.3 is 0 Å². The maximum atomic E-state index is 12.6. The Balaban J connectivity index is 1.68. The molecule has 0 saturated carbocycles. The number of methoxy groups -OCH3 is 1. The smallest absolute Gasteiger partial charge is 0.227 e. The lowest BCUT2D eigenvalue weighted by Crippen LogP contribution is -2.43. The van der Waals surface area contributed by atoms with Crippen LogP contribution in [0.5, 0.6) is 5.88 Å². The monoisotopic (exact) mass is 326 g/mol. The molecule has 1 saturated heterocycles. The molecule has 0 N–H and O–H groups in total. The van der Waals surface area contributed by atoms with Crippen LogP contribution in [-0.4, -0.2) is 42.6 Å². The van der Waals surface area contributed by atoms with E-state index in [4.69, 9.17) is 9.47 Å². The summed E-state index contributed by atoms with van der Waals surface area (Å²) in [5.41, 5.74) is 3.25. The van der Waals surface area contributed by atoms with E-state index in [1.165, 1.54) is 5.56 Å². The fourth-order valence-corrected chi connectivity index (χ4v) is 2.97. The summed E-state index contributed by atoms with van der Waals surface area (Å²) in [6, 6.07) is 11.8. The molecule has 1 aromatic carbocycles. The van der Waals surface area contributed by atoms with Crippen molar-refractivity contribution in [1.29, 1.82) is 0 Å². The van der Waals surface area contributed by atoms with Gasteiger partial charge in [-0.3, -0.25) is 4.79 Å². The van der Waals surface area contributed by atoms with Crippen LogP contribution < -0.4 is 4.74 Å². The zero-order valence-corrected chi connectivity index (χ0v) is 14.1. The lowest BCUT2D eigenvalue weighted by Gasteiger charge is -2.34. The minimum Gasteiger partial charge on any atom is -0.481 e. The Morgan fingerprint density at radius 1 is 1.38 bits per heavy atom. The number of hydrogen-bond donors (Lipinski definition) is 0. The van der Waals surface area contributed by atoms with Gasteiger partial charge in [-0.05, 0) is 29.7 Å². The van der Waals surface area contributed by atoms with E-state index in [1.807, 2.05) is 23.1 Å². The summed E-state index contributed by atoms with van der Waals surface area (Å²) in [7, 11) is 1.57. The molecule has 0 spiro atoms. The normalized spacial score (nSPS) is 17.6. The van der Waals surface area contributed by atoms with Crippen molar-refractivity contribution in [2.24, 2.45) is 0 Å². The summed E-state index contributed by atoms with van der Waals surface area (Å²) < 4.78 is 11.0. The van der Waals surface area contributed by atoms with E-state index < -0.39 is 0 Å². The largest absolute Gasteiger partial charge is 0.481 e. The molecule has 126 valence electrons. The average Bonchev–Trinajstić information content (AvgIpc) is 2.62. The van der Waals surface area contributed by atoms with Gasteiger partial charge in [0.25, 0.3) is 0 Å². The van der Waals surface area contributed by atoms with Crippen molar-refractivity contribution in [1.82, 2.24) is 9.88 Å². The first kappa shape index (κ1) is 16.5. The molecule has 0 radical (unpaired) electrons. The Morgan fingerprint density at radius 2 is 2.21 bits per heavy atom. The molecule has 1 aliphatic rings. The van der Waals surface area contributed by atoms with Crippen LogP contribution in [0.2, 0.25) is 0 Å². The van der Waals surface area contributed by atoms with Crippen molar-refractivity contribution in [3.63, 3.8) is 0 Å². The van der Waals surface area contributed by atoms with Crippen molar-refractivity contribution < 1.29 is 14.3 Å². The van der Waals surface area contributed by atoms with E-state index in [-0.39, 0.29) is 12.0 Å². The van der Waals surface area contributed by atoms with Gasteiger partial charge in [-0.1, -0.05) is 24.3 Å². The van der Waals surface area contributed by atoms with E-state index in [2.05, 4.69) is 24.0 Å². The molecular formula is C19H22N2O3. The zero-order chi connectivity index (χ0) is 16.9. The summed E-state index contributed by atoms with van der Waals surface area (Å²) in [5, 5.41) is 0. The van der Waals surface area contributed by atoms with Gasteiger partial charge in [0.2, 0.25) is 11.8 Å². The number of carbonyl (C=O) groups excluding carboxylic acids is 1. The van der Waals surface area contributed by atoms with Gasteiger partial charge in [-0.2, -0.15) is 0 Å². The Labute approximate surface area is 142 Å². The highest BCUT2D eigenvalue weighted by molar-refractivity contribution is 5.79. The van der Waals surface area contributed by atoms with Crippen LogP contribution in [-0.2, 0) is 16.0 Å². The topological polar surface area (TPSA) is 51.7 Å². The lowest BCUT2D eigenvalue weighted by atomic mass is 10.0. The summed E-state index contributed by atoms with van der Waals surface area (Å²) in [6.45, 7) is 3.85. The van der Waals surface area contributed by atoms with Crippen LogP contribution in [0.15, 0.2) is 42.6 Å². The van der Waals surface area contributed by atoms with Gasteiger partial charge in [-0.15, -0.1) is 0 Å². The van der Waals surface area contributed by atoms with Crippen molar-refractivity contribution in [3.8, 4) is 5.88 Å². The SMILES string of the molecule is COc1cc(CC(=O)N2CCOC(c3ccccc3C)C2)ccn1. The van der Waals surface area contributed by atoms with Gasteiger partial charge < -0.3 is 14.4 Å². The molecule has 3 rings (SSSR count). The summed E-state index contributed by atoms with van der Waals surface area (Å²) in [6.07, 6.45) is 1.95. The van der Waals surface area contributed by atoms with Crippen LogP contribution in [0.1, 0.15) is 22.8 Å². The number of nitrogens with zero attached hydrogens (tertiary/aromatic N) is 2. The van der Waals surface area contributed by atoms with Gasteiger partial charge in [0.1, 0.15) is 6.10 Å². The molecule has 1 amide bonds. The highest BCUT2D eigenvalue weighted by Gasteiger charge is 2.26. The molecule has 1 aromatic heterocycles. The van der Waals surface area contributed by atoms with Gasteiger partial charge in [0.15, 0.2) is 0 Å². The number of rotatable bonds is 4. The number of aryl methyl sites for hydroxylation is 1. The summed E-state index contributed by atoms with van der Waals surface area (Å²) >= 11 is 0. The minimum absolute atomic E-state index is 0.0594. The molecule has 1 atom stereocenters. The number of hydrogen-bond acceptors (Lipinski definition) is 4. The Morgan fingerprint density at radius 3 is 3.00 bits per heavy atom. The van der Waals surface area contributed by atoms with Gasteiger partial charge in [0.05, 0.1) is 26.7 Å². The third kappa shape index (κ3) is 3.74. The van der Waals surface area contributed by atoms with Crippen molar-refractivity contribution in [3.05, 3.63) is 59.3 Å². The lowest BCUT2D eigenvalue weighted by molar-refractivity contribution is -0.138. The molecule has 5 heteroatoms. The molecule has 1 aliphatic heterocycles. The zero-order valence-electron chi connectivity index (χ0n) is 14.1. The molecule has 2 heterocycles. The minimum atomic E-state index is -0.0594. The molecule has 5 nitrogen and oxygen atoms in total. The van der Waals surface area contributed by atoms with Crippen molar-refractivity contribution >= 4 is 5.91 Å². The number of aromatic nitrogens is 1. The van der Waals surface area contributed by atoms with E-state index in [9.17, 15) is 4.79 Å². The quantitative estimate of drug-likeness (QED) is 0.866. The molecule has 1 fully saturated rings. The van der Waals surface area contributed by atoms with E-state index >= 15 is 0 Å². The predicted octanol–water partition coefficient (Wildman–Crippen LogP) is 2.54. The number of morpholine rings is 1. The van der Waals surface area contributed by atoms with Crippen molar-refractivity contribution in [2.45, 2.75) is 19.4 Å². The van der Waals surface area contributed by atoms with Crippen LogP contribution in [0.3, 0.4) is 0 Å². The standard InChI is InChI=1S/C19H22N2O3/c1-14-5-3-4-6-16(14)17-13-21(9-10-24-17)19(22)12-15-7-8-20-18(11-15)23-2/h3-8,11,17H,9-10,12-13H2,1-2H3. The summed E-state index contributed by atoms with van der Waals surface area (Å²) in [5.74, 6) is 0.630. The second-order valence-corrected chi connectivity index (χ2v) is 5.94. The molecule has 0 aliphatic carbocycles. The maximum absolute atomic E-state index is 12.6. The van der Waals surface area contributed by atoms with Crippen LogP contribution in [0.25, 0.3) is 0 Å². The fourth-order valence-electron chi connectivity index (χ4n) is 2.97. The first-order valence-corrected chi connectivity index (χ1v) is 8.11. The van der Waals surface area contributed by atoms with Crippen LogP contribution in [0, 0.1) is 6.92 Å². The molecule has 1 unspecified atom stereocenters. The third-order valence-electron chi connectivity index (χ3n) is 4.32. The Bertz CT molecular complexity index is 717. The second kappa shape index (κ2) is 7.45. The number of amides is 1. The third-order valence-corrected chi connectivity index (χ3v) is 4.32. The van der Waals surface area contributed by atoms with E-state index in [1.54, 1.807) is 19.4 Å². The number of ether oxygens (including phenoxy) is 2. The fraction of sp³-hybridized carbons (Fsp3) is 0.368. The second-order valence-electron chi connectivity index (χ2n) is 5.94. The summed E-state index contributed by atoms with van der Waals surface area (Å²) in [4.78, 5) is 18.6. The van der Waals surface area contributed by atoms with E-state index in [0.717, 1.165) is 11.1 Å². The highest BCUT2D eigenvalue weighted by Crippen LogP contribution is 2.25. The first-order chi connectivity index (χ1) is 11.7. The average molecular weight is 326 g/mol. The Kier molecular flexibility index (Phi) is 5.11. The van der Waals surface area contributed by atoms with Crippen molar-refractivity contribution in [2.75, 3.05) is 26.8 Å². The van der Waals surface area contributed by atoms with E-state index in [0.29, 0.717) is 32.0 Å². The van der Waals surface area contributed by atoms with Gasteiger partial charge in [-0.25, -0.2) is 4.98 Å². The van der Waals surface area contributed by atoms with Crippen LogP contribution >= 0.6 is 0 Å². The molecule has 2 aromatic rings. The first-order valence-electron chi connectivity index (χ1n) is 8.11. The number of pyridine rings is 1. The number of benzene rings is 1. The molecule has 24 heavy (non-hydrogen) atoms. The Hall–Kier alpha value is -2.40. The highest BCUT2D eigenvalue weighted by atomic mass is 16.5. The van der Waals surface area contributed by atoms with Gasteiger partial charge in [0, 0.05) is 18.8 Å². The molecular weight excluding hydrogens is 304 g/mol. The maximum Gasteiger partial charge on any atom is 0.227 e. The molecule has 0 bridgehead atoms.